The normalized spacial score (nSPS) is 15.0. The van der Waals surface area contributed by atoms with E-state index in [0.29, 0.717) is 5.92 Å². The van der Waals surface area contributed by atoms with E-state index in [1.54, 1.807) is 0 Å². The topological polar surface area (TPSA) is 49.2 Å². The molecule has 1 saturated heterocycles. The molecule has 1 fully saturated rings. The number of aromatic nitrogens is 2. The van der Waals surface area contributed by atoms with Gasteiger partial charge in [-0.15, -0.1) is 0 Å². The molecule has 23 heavy (non-hydrogen) atoms. The molecule has 4 heteroatoms. The molecule has 4 nitrogen and oxygen atoms in total. The summed E-state index contributed by atoms with van der Waals surface area (Å²) in [5.41, 5.74) is 4.41. The van der Waals surface area contributed by atoms with Crippen LogP contribution in [0.15, 0.2) is 48.8 Å². The van der Waals surface area contributed by atoms with Crippen molar-refractivity contribution < 1.29 is 5.11 Å². The van der Waals surface area contributed by atoms with E-state index in [1.807, 2.05) is 12.4 Å². The van der Waals surface area contributed by atoms with E-state index in [4.69, 9.17) is 4.98 Å². The van der Waals surface area contributed by atoms with E-state index >= 15 is 0 Å². The maximum atomic E-state index is 9.71. The molecule has 1 aliphatic heterocycles. The predicted molar refractivity (Wildman–Crippen MR) is 91.6 cm³/mol. The predicted octanol–water partition coefficient (Wildman–Crippen LogP) is 3.03. The minimum atomic E-state index is 0.0164. The fourth-order valence-corrected chi connectivity index (χ4v) is 3.20. The van der Waals surface area contributed by atoms with Crippen LogP contribution in [0.3, 0.4) is 0 Å². The maximum absolute atomic E-state index is 9.71. The fraction of sp³-hybridized carbons (Fsp3) is 0.263. The number of hydrogen-bond donors (Lipinski definition) is 1. The number of pyridine rings is 2. The molecular weight excluding hydrogens is 286 g/mol. The van der Waals surface area contributed by atoms with Gasteiger partial charge in [0.2, 0.25) is 0 Å². The Balaban J connectivity index is 1.64. The number of fused-ring (bicyclic) bond motifs is 1. The largest absolute Gasteiger partial charge is 0.392 e. The second-order valence-corrected chi connectivity index (χ2v) is 6.21. The summed E-state index contributed by atoms with van der Waals surface area (Å²) in [7, 11) is 0. The molecule has 3 heterocycles. The number of anilines is 1. The van der Waals surface area contributed by atoms with Crippen molar-refractivity contribution in [3.63, 3.8) is 0 Å². The smallest absolute Gasteiger partial charge is 0.134 e. The molecule has 116 valence electrons. The molecule has 0 saturated carbocycles. The summed E-state index contributed by atoms with van der Waals surface area (Å²) in [5.74, 6) is 1.43. The molecule has 1 aliphatic rings. The lowest BCUT2D eigenvalue weighted by molar-refractivity contribution is 0.281. The molecule has 0 radical (unpaired) electrons. The molecule has 0 unspecified atom stereocenters. The van der Waals surface area contributed by atoms with E-state index in [0.717, 1.165) is 35.4 Å². The molecule has 1 N–H and O–H groups in total. The second-order valence-electron chi connectivity index (χ2n) is 6.21. The Morgan fingerprint density at radius 3 is 2.65 bits per heavy atom. The highest BCUT2D eigenvalue weighted by molar-refractivity contribution is 5.82. The summed E-state index contributed by atoms with van der Waals surface area (Å²) in [6.07, 6.45) is 3.68. The van der Waals surface area contributed by atoms with Crippen LogP contribution in [0, 0.1) is 6.92 Å². The van der Waals surface area contributed by atoms with Gasteiger partial charge in [-0.25, -0.2) is 4.98 Å². The average Bonchev–Trinajstić information content (AvgIpc) is 2.54. The van der Waals surface area contributed by atoms with E-state index in [1.165, 1.54) is 11.1 Å². The van der Waals surface area contributed by atoms with Gasteiger partial charge >= 0.3 is 0 Å². The molecule has 0 amide bonds. The molecule has 3 aromatic rings. The summed E-state index contributed by atoms with van der Waals surface area (Å²) < 4.78 is 0. The molecular formula is C19H19N3O. The Bertz CT molecular complexity index is 842. The molecule has 2 aromatic heterocycles. The Kier molecular flexibility index (Phi) is 3.46. The number of nitrogens with zero attached hydrogens (tertiary/aromatic N) is 3. The van der Waals surface area contributed by atoms with E-state index in [-0.39, 0.29) is 6.61 Å². The lowest BCUT2D eigenvalue weighted by atomic mass is 9.92. The molecule has 0 bridgehead atoms. The standard InChI is InChI=1S/C19H19N3O/c1-13-2-3-15-9-16(12-23)19(21-18(15)8-13)22-10-17(11-22)14-4-6-20-7-5-14/h2-9,17,23H,10-12H2,1H3. The highest BCUT2D eigenvalue weighted by Gasteiger charge is 2.30. The van der Waals surface area contributed by atoms with Gasteiger partial charge in [0.15, 0.2) is 0 Å². The van der Waals surface area contributed by atoms with Crippen molar-refractivity contribution in [2.45, 2.75) is 19.4 Å². The Morgan fingerprint density at radius 1 is 1.13 bits per heavy atom. The number of aliphatic hydroxyl groups is 1. The van der Waals surface area contributed by atoms with Crippen LogP contribution in [0.4, 0.5) is 5.82 Å². The van der Waals surface area contributed by atoms with Crippen LogP contribution in [-0.4, -0.2) is 28.2 Å². The number of aliphatic hydroxyl groups excluding tert-OH is 1. The van der Waals surface area contributed by atoms with E-state index in [2.05, 4.69) is 53.2 Å². The van der Waals surface area contributed by atoms with Gasteiger partial charge in [-0.2, -0.15) is 0 Å². The summed E-state index contributed by atoms with van der Waals surface area (Å²) in [6, 6.07) is 12.4. The average molecular weight is 305 g/mol. The zero-order chi connectivity index (χ0) is 15.8. The van der Waals surface area contributed by atoms with Crippen LogP contribution in [0.25, 0.3) is 10.9 Å². The van der Waals surface area contributed by atoms with Gasteiger partial charge in [-0.1, -0.05) is 12.1 Å². The van der Waals surface area contributed by atoms with Crippen molar-refractivity contribution in [3.05, 3.63) is 65.5 Å². The van der Waals surface area contributed by atoms with Crippen LogP contribution in [0.2, 0.25) is 0 Å². The van der Waals surface area contributed by atoms with Crippen LogP contribution in [0.1, 0.15) is 22.6 Å². The third kappa shape index (κ3) is 2.55. The Hall–Kier alpha value is -2.46. The number of aryl methyl sites for hydroxylation is 1. The summed E-state index contributed by atoms with van der Waals surface area (Å²) >= 11 is 0. The molecule has 4 rings (SSSR count). The van der Waals surface area contributed by atoms with Crippen LogP contribution < -0.4 is 4.90 Å². The first-order valence-electron chi connectivity index (χ1n) is 7.90. The van der Waals surface area contributed by atoms with Crippen LogP contribution in [0.5, 0.6) is 0 Å². The van der Waals surface area contributed by atoms with Gasteiger partial charge in [0, 0.05) is 42.4 Å². The van der Waals surface area contributed by atoms with Crippen molar-refractivity contribution in [2.24, 2.45) is 0 Å². The van der Waals surface area contributed by atoms with E-state index < -0.39 is 0 Å². The van der Waals surface area contributed by atoms with Gasteiger partial charge in [-0.3, -0.25) is 4.98 Å². The number of rotatable bonds is 3. The van der Waals surface area contributed by atoms with Crippen molar-refractivity contribution in [1.29, 1.82) is 0 Å². The van der Waals surface area contributed by atoms with Crippen LogP contribution >= 0.6 is 0 Å². The van der Waals surface area contributed by atoms with Gasteiger partial charge in [0.05, 0.1) is 12.1 Å². The minimum Gasteiger partial charge on any atom is -0.392 e. The van der Waals surface area contributed by atoms with Crippen molar-refractivity contribution in [2.75, 3.05) is 18.0 Å². The maximum Gasteiger partial charge on any atom is 0.134 e. The van der Waals surface area contributed by atoms with Crippen molar-refractivity contribution in [3.8, 4) is 0 Å². The van der Waals surface area contributed by atoms with E-state index in [9.17, 15) is 5.11 Å². The Morgan fingerprint density at radius 2 is 1.91 bits per heavy atom. The zero-order valence-corrected chi connectivity index (χ0v) is 13.1. The fourth-order valence-electron chi connectivity index (χ4n) is 3.20. The quantitative estimate of drug-likeness (QED) is 0.808. The third-order valence-corrected chi connectivity index (χ3v) is 4.56. The summed E-state index contributed by atoms with van der Waals surface area (Å²) in [6.45, 7) is 3.95. The first-order chi connectivity index (χ1) is 11.2. The Labute approximate surface area is 135 Å². The van der Waals surface area contributed by atoms with Gasteiger partial charge in [0.25, 0.3) is 0 Å². The van der Waals surface area contributed by atoms with Crippen LogP contribution in [-0.2, 0) is 6.61 Å². The zero-order valence-electron chi connectivity index (χ0n) is 13.1. The highest BCUT2D eigenvalue weighted by atomic mass is 16.3. The summed E-state index contributed by atoms with van der Waals surface area (Å²) in [5, 5.41) is 10.8. The summed E-state index contributed by atoms with van der Waals surface area (Å²) in [4.78, 5) is 11.1. The minimum absolute atomic E-state index is 0.0164. The monoisotopic (exact) mass is 305 g/mol. The molecule has 0 atom stereocenters. The van der Waals surface area contributed by atoms with Gasteiger partial charge in [-0.05, 0) is 42.3 Å². The third-order valence-electron chi connectivity index (χ3n) is 4.56. The lowest BCUT2D eigenvalue weighted by Crippen LogP contribution is -2.46. The molecule has 0 aliphatic carbocycles. The van der Waals surface area contributed by atoms with Gasteiger partial charge in [0.1, 0.15) is 5.82 Å². The number of benzene rings is 1. The second kappa shape index (κ2) is 5.63. The first-order valence-corrected chi connectivity index (χ1v) is 7.90. The number of hydrogen-bond acceptors (Lipinski definition) is 4. The highest BCUT2D eigenvalue weighted by Crippen LogP contribution is 2.33. The van der Waals surface area contributed by atoms with Crippen molar-refractivity contribution in [1.82, 2.24) is 9.97 Å². The van der Waals surface area contributed by atoms with Gasteiger partial charge < -0.3 is 10.0 Å². The first kappa shape index (κ1) is 14.2. The van der Waals surface area contributed by atoms with Crippen molar-refractivity contribution >= 4 is 16.7 Å². The molecule has 1 aromatic carbocycles. The lowest BCUT2D eigenvalue weighted by Gasteiger charge is -2.41. The molecule has 0 spiro atoms. The SMILES string of the molecule is Cc1ccc2cc(CO)c(N3CC(c4ccncc4)C3)nc2c1.